The summed E-state index contributed by atoms with van der Waals surface area (Å²) in [5.74, 6) is -1.17. The lowest BCUT2D eigenvalue weighted by Gasteiger charge is -2.26. The highest BCUT2D eigenvalue weighted by molar-refractivity contribution is 6.31. The average Bonchev–Trinajstić information content (AvgIpc) is 2.34. The SMILES string of the molecule is CC(c1ccccc1Cl)N(C)C(=O)CCC(=O)O. The van der Waals surface area contributed by atoms with E-state index < -0.39 is 5.97 Å². The largest absolute Gasteiger partial charge is 0.481 e. The van der Waals surface area contributed by atoms with E-state index in [0.717, 1.165) is 5.56 Å². The summed E-state index contributed by atoms with van der Waals surface area (Å²) in [5.41, 5.74) is 0.852. The van der Waals surface area contributed by atoms with Crippen LogP contribution in [-0.2, 0) is 9.59 Å². The Morgan fingerprint density at radius 2 is 1.94 bits per heavy atom. The summed E-state index contributed by atoms with van der Waals surface area (Å²) >= 11 is 6.06. The first-order valence-corrected chi connectivity index (χ1v) is 6.03. The summed E-state index contributed by atoms with van der Waals surface area (Å²) in [6.45, 7) is 1.86. The van der Waals surface area contributed by atoms with Gasteiger partial charge >= 0.3 is 5.97 Å². The zero-order valence-corrected chi connectivity index (χ0v) is 11.1. The van der Waals surface area contributed by atoms with Crippen molar-refractivity contribution in [2.45, 2.75) is 25.8 Å². The molecule has 0 heterocycles. The Kier molecular flexibility index (Phi) is 5.16. The fourth-order valence-electron chi connectivity index (χ4n) is 1.63. The summed E-state index contributed by atoms with van der Waals surface area (Å²) in [6.07, 6.45) is -0.154. The Morgan fingerprint density at radius 1 is 1.33 bits per heavy atom. The molecule has 1 N–H and O–H groups in total. The van der Waals surface area contributed by atoms with Crippen LogP contribution in [0.3, 0.4) is 0 Å². The van der Waals surface area contributed by atoms with Crippen LogP contribution in [0.1, 0.15) is 31.4 Å². The Hall–Kier alpha value is -1.55. The number of rotatable bonds is 5. The molecule has 0 saturated carbocycles. The van der Waals surface area contributed by atoms with E-state index in [4.69, 9.17) is 16.7 Å². The van der Waals surface area contributed by atoms with Gasteiger partial charge in [0.05, 0.1) is 12.5 Å². The number of carbonyl (C=O) groups excluding carboxylic acids is 1. The van der Waals surface area contributed by atoms with Crippen LogP contribution in [0.4, 0.5) is 0 Å². The fraction of sp³-hybridized carbons (Fsp3) is 0.385. The maximum atomic E-state index is 11.8. The standard InChI is InChI=1S/C13H16ClNO3/c1-9(10-5-3-4-6-11(10)14)15(2)12(16)7-8-13(17)18/h3-6,9H,7-8H2,1-2H3,(H,17,18). The molecule has 0 saturated heterocycles. The lowest BCUT2D eigenvalue weighted by atomic mass is 10.1. The molecule has 0 aliphatic carbocycles. The second-order valence-electron chi connectivity index (χ2n) is 4.10. The van der Waals surface area contributed by atoms with Gasteiger partial charge in [0.25, 0.3) is 0 Å². The minimum atomic E-state index is -0.970. The molecular formula is C13H16ClNO3. The minimum Gasteiger partial charge on any atom is -0.481 e. The lowest BCUT2D eigenvalue weighted by Crippen LogP contribution is -2.30. The van der Waals surface area contributed by atoms with E-state index >= 15 is 0 Å². The fourth-order valence-corrected chi connectivity index (χ4v) is 1.92. The summed E-state index contributed by atoms with van der Waals surface area (Å²) in [6, 6.07) is 7.12. The summed E-state index contributed by atoms with van der Waals surface area (Å²) in [7, 11) is 1.65. The third kappa shape index (κ3) is 3.74. The first-order valence-electron chi connectivity index (χ1n) is 5.65. The molecule has 0 aliphatic heterocycles. The van der Waals surface area contributed by atoms with Crippen molar-refractivity contribution < 1.29 is 14.7 Å². The average molecular weight is 270 g/mol. The maximum Gasteiger partial charge on any atom is 0.303 e. The molecule has 1 unspecified atom stereocenters. The number of aliphatic carboxylic acids is 1. The smallest absolute Gasteiger partial charge is 0.303 e. The van der Waals surface area contributed by atoms with E-state index in [1.54, 1.807) is 13.1 Å². The molecule has 0 aromatic heterocycles. The zero-order valence-electron chi connectivity index (χ0n) is 10.4. The monoisotopic (exact) mass is 269 g/mol. The van der Waals surface area contributed by atoms with Crippen LogP contribution in [0.15, 0.2) is 24.3 Å². The minimum absolute atomic E-state index is 0.000621. The normalized spacial score (nSPS) is 11.9. The molecule has 0 fully saturated rings. The van der Waals surface area contributed by atoms with Crippen molar-refractivity contribution in [2.75, 3.05) is 7.05 Å². The Bertz CT molecular complexity index is 448. The second-order valence-corrected chi connectivity index (χ2v) is 4.50. The number of carboxylic acid groups (broad SMARTS) is 1. The van der Waals surface area contributed by atoms with E-state index in [1.165, 1.54) is 4.90 Å². The zero-order chi connectivity index (χ0) is 13.7. The van der Waals surface area contributed by atoms with Crippen molar-refractivity contribution in [1.82, 2.24) is 4.90 Å². The summed E-state index contributed by atoms with van der Waals surface area (Å²) in [4.78, 5) is 23.7. The van der Waals surface area contributed by atoms with Gasteiger partial charge in [0, 0.05) is 18.5 Å². The van der Waals surface area contributed by atoms with Crippen LogP contribution >= 0.6 is 11.6 Å². The Morgan fingerprint density at radius 3 is 2.50 bits per heavy atom. The quantitative estimate of drug-likeness (QED) is 0.894. The van der Waals surface area contributed by atoms with Crippen molar-refractivity contribution in [3.63, 3.8) is 0 Å². The highest BCUT2D eigenvalue weighted by Gasteiger charge is 2.19. The van der Waals surface area contributed by atoms with Gasteiger partial charge in [-0.25, -0.2) is 0 Å². The van der Waals surface area contributed by atoms with Gasteiger partial charge in [0.15, 0.2) is 0 Å². The molecule has 0 aliphatic rings. The number of benzene rings is 1. The first-order chi connectivity index (χ1) is 8.43. The third-order valence-corrected chi connectivity index (χ3v) is 3.23. The van der Waals surface area contributed by atoms with Gasteiger partial charge in [-0.2, -0.15) is 0 Å². The van der Waals surface area contributed by atoms with Gasteiger partial charge in [0.2, 0.25) is 5.91 Å². The molecular weight excluding hydrogens is 254 g/mol. The van der Waals surface area contributed by atoms with Crippen LogP contribution in [0.2, 0.25) is 5.02 Å². The molecule has 1 atom stereocenters. The van der Waals surface area contributed by atoms with E-state index in [0.29, 0.717) is 5.02 Å². The third-order valence-electron chi connectivity index (χ3n) is 2.88. The topological polar surface area (TPSA) is 57.6 Å². The number of hydrogen-bond acceptors (Lipinski definition) is 2. The van der Waals surface area contributed by atoms with E-state index in [9.17, 15) is 9.59 Å². The molecule has 1 rings (SSSR count). The molecule has 0 radical (unpaired) electrons. The molecule has 5 heteroatoms. The van der Waals surface area contributed by atoms with Gasteiger partial charge < -0.3 is 10.0 Å². The molecule has 18 heavy (non-hydrogen) atoms. The molecule has 98 valence electrons. The summed E-state index contributed by atoms with van der Waals surface area (Å²) in [5, 5.41) is 9.15. The second kappa shape index (κ2) is 6.40. The maximum absolute atomic E-state index is 11.8. The van der Waals surface area contributed by atoms with Gasteiger partial charge in [-0.1, -0.05) is 29.8 Å². The number of nitrogens with zero attached hydrogens (tertiary/aromatic N) is 1. The van der Waals surface area contributed by atoms with E-state index in [-0.39, 0.29) is 24.8 Å². The molecule has 1 aromatic rings. The first kappa shape index (κ1) is 14.5. The van der Waals surface area contributed by atoms with Gasteiger partial charge in [-0.05, 0) is 18.6 Å². The van der Waals surface area contributed by atoms with Crippen LogP contribution in [0, 0.1) is 0 Å². The van der Waals surface area contributed by atoms with Crippen LogP contribution in [-0.4, -0.2) is 28.9 Å². The molecule has 4 nitrogen and oxygen atoms in total. The van der Waals surface area contributed by atoms with Crippen molar-refractivity contribution in [1.29, 1.82) is 0 Å². The molecule has 0 spiro atoms. The Labute approximate surface area is 111 Å². The van der Waals surface area contributed by atoms with Gasteiger partial charge in [-0.3, -0.25) is 9.59 Å². The molecule has 1 amide bonds. The van der Waals surface area contributed by atoms with Gasteiger partial charge in [-0.15, -0.1) is 0 Å². The number of hydrogen-bond donors (Lipinski definition) is 1. The number of halogens is 1. The highest BCUT2D eigenvalue weighted by Crippen LogP contribution is 2.26. The highest BCUT2D eigenvalue weighted by atomic mass is 35.5. The summed E-state index contributed by atoms with van der Waals surface area (Å²) < 4.78 is 0. The Balaban J connectivity index is 2.72. The van der Waals surface area contributed by atoms with E-state index in [1.807, 2.05) is 25.1 Å². The van der Waals surface area contributed by atoms with Crippen LogP contribution < -0.4 is 0 Å². The van der Waals surface area contributed by atoms with Gasteiger partial charge in [0.1, 0.15) is 0 Å². The van der Waals surface area contributed by atoms with E-state index in [2.05, 4.69) is 0 Å². The lowest BCUT2D eigenvalue weighted by molar-refractivity contribution is -0.141. The number of carboxylic acids is 1. The van der Waals surface area contributed by atoms with Crippen molar-refractivity contribution in [3.05, 3.63) is 34.9 Å². The molecule has 0 bridgehead atoms. The van der Waals surface area contributed by atoms with Crippen molar-refractivity contribution >= 4 is 23.5 Å². The van der Waals surface area contributed by atoms with Crippen molar-refractivity contribution in [3.8, 4) is 0 Å². The predicted octanol–water partition coefficient (Wildman–Crippen LogP) is 2.72. The van der Waals surface area contributed by atoms with Crippen molar-refractivity contribution in [2.24, 2.45) is 0 Å². The number of amides is 1. The van der Waals surface area contributed by atoms with Crippen LogP contribution in [0.25, 0.3) is 0 Å². The predicted molar refractivity (Wildman–Crippen MR) is 69.5 cm³/mol. The van der Waals surface area contributed by atoms with Crippen LogP contribution in [0.5, 0.6) is 0 Å². The number of carbonyl (C=O) groups is 2. The molecule has 1 aromatic carbocycles.